The van der Waals surface area contributed by atoms with Crippen molar-refractivity contribution in [2.75, 3.05) is 5.32 Å². The van der Waals surface area contributed by atoms with Crippen LogP contribution in [0.3, 0.4) is 0 Å². The number of hydrogen-bond acceptors (Lipinski definition) is 4. The van der Waals surface area contributed by atoms with E-state index in [0.717, 1.165) is 12.1 Å². The second kappa shape index (κ2) is 7.65. The first-order valence-electron chi connectivity index (χ1n) is 8.80. The molecule has 160 valence electrons. The van der Waals surface area contributed by atoms with Crippen LogP contribution in [0, 0.1) is 5.82 Å². The minimum Gasteiger partial charge on any atom is -0.341 e. The molecule has 0 fully saturated rings. The number of anilines is 1. The van der Waals surface area contributed by atoms with Crippen LogP contribution in [-0.2, 0) is 6.42 Å². The average molecular weight is 454 g/mol. The van der Waals surface area contributed by atoms with E-state index in [1.807, 2.05) is 5.21 Å². The van der Waals surface area contributed by atoms with Gasteiger partial charge < -0.3 is 10.6 Å². The fraction of sp³-hybridized carbons (Fsp3) is 0.158. The Balaban J connectivity index is 1.71. The Labute approximate surface area is 176 Å². The van der Waals surface area contributed by atoms with Crippen LogP contribution in [0.25, 0.3) is 0 Å². The highest BCUT2D eigenvalue weighted by molar-refractivity contribution is 6.31. The lowest BCUT2D eigenvalue weighted by molar-refractivity contribution is -0.127. The number of hydrogen-bond donors (Lipinski definition) is 3. The SMILES string of the molecule is O=C1NC(c2cc(F)ccc2Cl)c2c(NC(=O)c3n[nH]nc3CC(F)(F)F)cccc21. The third-order valence-corrected chi connectivity index (χ3v) is 4.98. The third-order valence-electron chi connectivity index (χ3n) is 4.64. The fourth-order valence-electron chi connectivity index (χ4n) is 3.36. The van der Waals surface area contributed by atoms with E-state index in [-0.39, 0.29) is 21.8 Å². The van der Waals surface area contributed by atoms with Crippen molar-refractivity contribution in [2.45, 2.75) is 18.6 Å². The number of benzene rings is 2. The summed E-state index contributed by atoms with van der Waals surface area (Å²) < 4.78 is 52.0. The zero-order valence-corrected chi connectivity index (χ0v) is 16.1. The van der Waals surface area contributed by atoms with Gasteiger partial charge in [0.05, 0.1) is 12.5 Å². The van der Waals surface area contributed by atoms with Gasteiger partial charge in [-0.15, -0.1) is 0 Å². The Morgan fingerprint density at radius 2 is 1.97 bits per heavy atom. The Kier molecular flexibility index (Phi) is 5.13. The van der Waals surface area contributed by atoms with Gasteiger partial charge in [0, 0.05) is 27.4 Å². The normalized spacial score (nSPS) is 15.5. The van der Waals surface area contributed by atoms with Gasteiger partial charge >= 0.3 is 6.18 Å². The maximum atomic E-state index is 13.8. The molecule has 1 unspecified atom stereocenters. The highest BCUT2D eigenvalue weighted by atomic mass is 35.5. The van der Waals surface area contributed by atoms with Gasteiger partial charge in [-0.25, -0.2) is 4.39 Å². The molecule has 2 aromatic carbocycles. The van der Waals surface area contributed by atoms with Crippen molar-refractivity contribution in [3.63, 3.8) is 0 Å². The number of amides is 2. The smallest absolute Gasteiger partial charge is 0.341 e. The van der Waals surface area contributed by atoms with E-state index in [9.17, 15) is 27.2 Å². The van der Waals surface area contributed by atoms with E-state index >= 15 is 0 Å². The van der Waals surface area contributed by atoms with Gasteiger partial charge in [-0.05, 0) is 30.3 Å². The second-order valence-electron chi connectivity index (χ2n) is 6.70. The molecule has 3 N–H and O–H groups in total. The first-order valence-corrected chi connectivity index (χ1v) is 9.18. The number of H-pyrrole nitrogens is 1. The van der Waals surface area contributed by atoms with Crippen LogP contribution >= 0.6 is 11.6 Å². The molecule has 1 atom stereocenters. The Bertz CT molecular complexity index is 1190. The Morgan fingerprint density at radius 3 is 2.71 bits per heavy atom. The monoisotopic (exact) mass is 453 g/mol. The first-order chi connectivity index (χ1) is 14.6. The molecule has 1 aliphatic heterocycles. The van der Waals surface area contributed by atoms with E-state index < -0.39 is 47.7 Å². The summed E-state index contributed by atoms with van der Waals surface area (Å²) in [6.07, 6.45) is -6.03. The van der Waals surface area contributed by atoms with Crippen molar-refractivity contribution in [1.82, 2.24) is 20.7 Å². The van der Waals surface area contributed by atoms with Crippen molar-refractivity contribution in [1.29, 1.82) is 0 Å². The summed E-state index contributed by atoms with van der Waals surface area (Å²) in [5.41, 5.74) is -0.209. The number of rotatable bonds is 4. The van der Waals surface area contributed by atoms with Crippen LogP contribution < -0.4 is 10.6 Å². The number of alkyl halides is 3. The predicted octanol–water partition coefficient (Wildman–Crippen LogP) is 3.79. The molecule has 0 spiro atoms. The van der Waals surface area contributed by atoms with Crippen molar-refractivity contribution in [3.05, 3.63) is 75.3 Å². The highest BCUT2D eigenvalue weighted by Gasteiger charge is 2.35. The van der Waals surface area contributed by atoms with Crippen LogP contribution in [0.4, 0.5) is 23.2 Å². The molecule has 2 amide bonds. The van der Waals surface area contributed by atoms with Gasteiger partial charge in [0.25, 0.3) is 11.8 Å². The zero-order valence-electron chi connectivity index (χ0n) is 15.3. The molecular formula is C19H12ClF4N5O2. The van der Waals surface area contributed by atoms with Crippen LogP contribution in [0.15, 0.2) is 36.4 Å². The van der Waals surface area contributed by atoms with Gasteiger partial charge in [0.15, 0.2) is 5.69 Å². The second-order valence-corrected chi connectivity index (χ2v) is 7.11. The zero-order chi connectivity index (χ0) is 22.3. The number of fused-ring (bicyclic) bond motifs is 1. The van der Waals surface area contributed by atoms with Crippen molar-refractivity contribution >= 4 is 29.1 Å². The maximum Gasteiger partial charge on any atom is 0.394 e. The summed E-state index contributed by atoms with van der Waals surface area (Å²) in [4.78, 5) is 25.0. The summed E-state index contributed by atoms with van der Waals surface area (Å²) in [5, 5.41) is 14.2. The fourth-order valence-corrected chi connectivity index (χ4v) is 3.59. The molecule has 31 heavy (non-hydrogen) atoms. The quantitative estimate of drug-likeness (QED) is 0.523. The van der Waals surface area contributed by atoms with Crippen LogP contribution in [-0.4, -0.2) is 33.4 Å². The molecular weight excluding hydrogens is 442 g/mol. The standard InChI is InChI=1S/C19H12ClF4N5O2/c20-11-5-4-8(21)6-10(11)15-14-9(17(30)26-15)2-1-3-12(14)25-18(31)16-13(27-29-28-16)7-19(22,23)24/h1-6,15H,7H2,(H,25,31)(H,26,30)(H,27,28,29). The molecule has 7 nitrogen and oxygen atoms in total. The average Bonchev–Trinajstić information content (AvgIpc) is 3.27. The molecule has 12 heteroatoms. The topological polar surface area (TPSA) is 99.8 Å². The van der Waals surface area contributed by atoms with Crippen molar-refractivity contribution in [3.8, 4) is 0 Å². The number of nitrogens with one attached hydrogen (secondary N) is 3. The molecule has 0 saturated carbocycles. The molecule has 3 aromatic rings. The van der Waals surface area contributed by atoms with Gasteiger partial charge in [0.2, 0.25) is 0 Å². The third kappa shape index (κ3) is 4.08. The van der Waals surface area contributed by atoms with E-state index in [1.165, 1.54) is 24.3 Å². The Morgan fingerprint density at radius 1 is 1.19 bits per heavy atom. The lowest BCUT2D eigenvalue weighted by atomic mass is 9.96. The maximum absolute atomic E-state index is 13.8. The number of aromatic amines is 1. The van der Waals surface area contributed by atoms with Gasteiger partial charge in [-0.1, -0.05) is 17.7 Å². The molecule has 2 heterocycles. The minimum atomic E-state index is -4.59. The van der Waals surface area contributed by atoms with E-state index in [1.54, 1.807) is 0 Å². The molecule has 1 aromatic heterocycles. The Hall–Kier alpha value is -3.47. The largest absolute Gasteiger partial charge is 0.394 e. The number of nitrogens with zero attached hydrogens (tertiary/aromatic N) is 2. The molecule has 0 aliphatic carbocycles. The van der Waals surface area contributed by atoms with E-state index in [2.05, 4.69) is 20.8 Å². The molecule has 0 saturated heterocycles. The van der Waals surface area contributed by atoms with Crippen LogP contribution in [0.1, 0.15) is 43.7 Å². The molecule has 0 radical (unpaired) electrons. The van der Waals surface area contributed by atoms with Crippen LogP contribution in [0.2, 0.25) is 5.02 Å². The van der Waals surface area contributed by atoms with Gasteiger partial charge in [-0.3, -0.25) is 9.59 Å². The predicted molar refractivity (Wildman–Crippen MR) is 101 cm³/mol. The lowest BCUT2D eigenvalue weighted by Crippen LogP contribution is -2.22. The van der Waals surface area contributed by atoms with Crippen LogP contribution in [0.5, 0.6) is 0 Å². The number of carbonyl (C=O) groups is 2. The molecule has 1 aliphatic rings. The number of carbonyl (C=O) groups excluding carboxylic acids is 2. The highest BCUT2D eigenvalue weighted by Crippen LogP contribution is 2.39. The molecule has 0 bridgehead atoms. The number of aromatic nitrogens is 3. The van der Waals surface area contributed by atoms with E-state index in [4.69, 9.17) is 11.6 Å². The summed E-state index contributed by atoms with van der Waals surface area (Å²) >= 11 is 6.18. The van der Waals surface area contributed by atoms with Crippen molar-refractivity contribution < 1.29 is 27.2 Å². The summed E-state index contributed by atoms with van der Waals surface area (Å²) in [7, 11) is 0. The van der Waals surface area contributed by atoms with Crippen molar-refractivity contribution in [2.24, 2.45) is 0 Å². The lowest BCUT2D eigenvalue weighted by Gasteiger charge is -2.17. The summed E-state index contributed by atoms with van der Waals surface area (Å²) in [5.74, 6) is -2.01. The van der Waals surface area contributed by atoms with Gasteiger partial charge in [-0.2, -0.15) is 28.6 Å². The van der Waals surface area contributed by atoms with Gasteiger partial charge in [0.1, 0.15) is 11.5 Å². The molecule has 4 rings (SSSR count). The first kappa shape index (κ1) is 20.8. The summed E-state index contributed by atoms with van der Waals surface area (Å²) in [6.45, 7) is 0. The minimum absolute atomic E-state index is 0.132. The van der Waals surface area contributed by atoms with E-state index in [0.29, 0.717) is 5.56 Å². The summed E-state index contributed by atoms with van der Waals surface area (Å²) in [6, 6.07) is 7.21. The number of halogens is 5.